The Balaban J connectivity index is 1.79. The summed E-state index contributed by atoms with van der Waals surface area (Å²) in [5.41, 5.74) is 3.21. The van der Waals surface area contributed by atoms with E-state index in [4.69, 9.17) is 0 Å². The molecule has 0 aliphatic carbocycles. The maximum Gasteiger partial charge on any atom is 0.251 e. The maximum atomic E-state index is 12.8. The molecule has 0 aromatic heterocycles. The van der Waals surface area contributed by atoms with Crippen LogP contribution in [0.3, 0.4) is 0 Å². The molecule has 0 saturated heterocycles. The summed E-state index contributed by atoms with van der Waals surface area (Å²) in [6.45, 7) is 4.54. The number of amides is 1. The van der Waals surface area contributed by atoms with Crippen LogP contribution in [0.4, 0.5) is 0 Å². The quantitative estimate of drug-likeness (QED) is 0.567. The van der Waals surface area contributed by atoms with Crippen LogP contribution in [0, 0.1) is 5.41 Å². The molecule has 0 radical (unpaired) electrons. The lowest BCUT2D eigenvalue weighted by Crippen LogP contribution is -2.32. The van der Waals surface area contributed by atoms with Crippen molar-refractivity contribution in [2.45, 2.75) is 32.7 Å². The molecule has 3 aromatic carbocycles. The third-order valence-electron chi connectivity index (χ3n) is 4.83. The Morgan fingerprint density at radius 1 is 0.815 bits per heavy atom. The first-order valence-electron chi connectivity index (χ1n) is 9.48. The van der Waals surface area contributed by atoms with E-state index in [1.54, 1.807) is 0 Å². The Labute approximate surface area is 162 Å². The van der Waals surface area contributed by atoms with E-state index in [9.17, 15) is 4.79 Å². The number of carbonyl (C=O) groups is 1. The first kappa shape index (κ1) is 18.9. The van der Waals surface area contributed by atoms with Crippen LogP contribution in [0.1, 0.15) is 47.8 Å². The molecular formula is C25H27NO. The highest BCUT2D eigenvalue weighted by molar-refractivity contribution is 5.94. The third kappa shape index (κ3) is 5.55. The van der Waals surface area contributed by atoms with E-state index in [-0.39, 0.29) is 17.4 Å². The van der Waals surface area contributed by atoms with E-state index in [0.29, 0.717) is 5.56 Å². The van der Waals surface area contributed by atoms with E-state index < -0.39 is 0 Å². The van der Waals surface area contributed by atoms with Crippen molar-refractivity contribution in [2.24, 2.45) is 5.41 Å². The van der Waals surface area contributed by atoms with Gasteiger partial charge in [0.2, 0.25) is 0 Å². The number of benzene rings is 3. The summed E-state index contributed by atoms with van der Waals surface area (Å²) >= 11 is 0. The predicted molar refractivity (Wildman–Crippen MR) is 112 cm³/mol. The van der Waals surface area contributed by atoms with Gasteiger partial charge in [0.15, 0.2) is 0 Å². The van der Waals surface area contributed by atoms with Gasteiger partial charge < -0.3 is 5.32 Å². The minimum Gasteiger partial charge on any atom is -0.345 e. The van der Waals surface area contributed by atoms with Crippen molar-refractivity contribution in [1.82, 2.24) is 5.32 Å². The number of hydrogen-bond donors (Lipinski definition) is 1. The maximum absolute atomic E-state index is 12.8. The molecule has 0 aliphatic rings. The van der Waals surface area contributed by atoms with Crippen LogP contribution in [0.5, 0.6) is 0 Å². The molecular weight excluding hydrogens is 330 g/mol. The summed E-state index contributed by atoms with van der Waals surface area (Å²) in [7, 11) is 0. The van der Waals surface area contributed by atoms with Gasteiger partial charge in [-0.15, -0.1) is 0 Å². The van der Waals surface area contributed by atoms with Crippen molar-refractivity contribution < 1.29 is 4.79 Å². The molecule has 0 heterocycles. The molecule has 3 rings (SSSR count). The van der Waals surface area contributed by atoms with Crippen LogP contribution < -0.4 is 5.32 Å². The number of rotatable bonds is 7. The van der Waals surface area contributed by atoms with Crippen LogP contribution in [0.25, 0.3) is 0 Å². The zero-order chi connectivity index (χ0) is 19.1. The Kier molecular flexibility index (Phi) is 6.08. The van der Waals surface area contributed by atoms with Crippen LogP contribution in [-0.4, -0.2) is 5.91 Å². The van der Waals surface area contributed by atoms with Crippen molar-refractivity contribution >= 4 is 5.91 Å². The summed E-state index contributed by atoms with van der Waals surface area (Å²) in [5, 5.41) is 3.25. The SMILES string of the molecule is CC(C)(Cc1ccccc1)C[C@@H](NC(=O)c1ccccc1)c1ccccc1. The van der Waals surface area contributed by atoms with Gasteiger partial charge in [0.05, 0.1) is 6.04 Å². The standard InChI is InChI=1S/C25H27NO/c1-25(2,18-20-12-6-3-7-13-20)19-23(21-14-8-4-9-15-21)26-24(27)22-16-10-5-11-17-22/h3-17,23H,18-19H2,1-2H3,(H,26,27)/t23-/m1/s1. The van der Waals surface area contributed by atoms with Crippen LogP contribution in [0.2, 0.25) is 0 Å². The largest absolute Gasteiger partial charge is 0.345 e. The van der Waals surface area contributed by atoms with Crippen molar-refractivity contribution in [3.8, 4) is 0 Å². The fraction of sp³-hybridized carbons (Fsp3) is 0.240. The monoisotopic (exact) mass is 357 g/mol. The van der Waals surface area contributed by atoms with Crippen LogP contribution in [0.15, 0.2) is 91.0 Å². The molecule has 138 valence electrons. The van der Waals surface area contributed by atoms with Gasteiger partial charge in [0.1, 0.15) is 0 Å². The average molecular weight is 357 g/mol. The summed E-state index contributed by atoms with van der Waals surface area (Å²) < 4.78 is 0. The van der Waals surface area contributed by atoms with Crippen molar-refractivity contribution in [2.75, 3.05) is 0 Å². The van der Waals surface area contributed by atoms with Gasteiger partial charge in [-0.3, -0.25) is 4.79 Å². The first-order chi connectivity index (χ1) is 13.0. The summed E-state index contributed by atoms with van der Waals surface area (Å²) in [6.07, 6.45) is 1.84. The second kappa shape index (κ2) is 8.68. The second-order valence-corrected chi connectivity index (χ2v) is 7.83. The summed E-state index contributed by atoms with van der Waals surface area (Å²) in [6, 6.07) is 30.2. The van der Waals surface area contributed by atoms with Gasteiger partial charge in [0.25, 0.3) is 5.91 Å². The molecule has 0 saturated carbocycles. The van der Waals surface area contributed by atoms with E-state index in [1.165, 1.54) is 5.56 Å². The van der Waals surface area contributed by atoms with E-state index in [2.05, 4.69) is 55.6 Å². The Hall–Kier alpha value is -2.87. The smallest absolute Gasteiger partial charge is 0.251 e. The molecule has 0 fully saturated rings. The molecule has 2 nitrogen and oxygen atoms in total. The highest BCUT2D eigenvalue weighted by Gasteiger charge is 2.26. The van der Waals surface area contributed by atoms with E-state index in [1.807, 2.05) is 54.6 Å². The molecule has 27 heavy (non-hydrogen) atoms. The normalized spacial score (nSPS) is 12.4. The Bertz CT molecular complexity index is 841. The number of carbonyl (C=O) groups excluding carboxylic acids is 1. The van der Waals surface area contributed by atoms with Crippen molar-refractivity contribution in [1.29, 1.82) is 0 Å². The van der Waals surface area contributed by atoms with E-state index >= 15 is 0 Å². The molecule has 3 aromatic rings. The van der Waals surface area contributed by atoms with Gasteiger partial charge in [-0.1, -0.05) is 92.7 Å². The van der Waals surface area contributed by atoms with Gasteiger partial charge >= 0.3 is 0 Å². The summed E-state index contributed by atoms with van der Waals surface area (Å²) in [5.74, 6) is -0.0278. The first-order valence-corrected chi connectivity index (χ1v) is 9.48. The zero-order valence-electron chi connectivity index (χ0n) is 16.1. The second-order valence-electron chi connectivity index (χ2n) is 7.83. The predicted octanol–water partition coefficient (Wildman–Crippen LogP) is 5.82. The topological polar surface area (TPSA) is 29.1 Å². The number of nitrogens with one attached hydrogen (secondary N) is 1. The lowest BCUT2D eigenvalue weighted by Gasteiger charge is -2.31. The molecule has 0 unspecified atom stereocenters. The molecule has 1 atom stereocenters. The lowest BCUT2D eigenvalue weighted by molar-refractivity contribution is 0.0924. The molecule has 2 heteroatoms. The van der Waals surface area contributed by atoms with E-state index in [0.717, 1.165) is 18.4 Å². The van der Waals surface area contributed by atoms with Crippen LogP contribution >= 0.6 is 0 Å². The fourth-order valence-corrected chi connectivity index (χ4v) is 3.54. The van der Waals surface area contributed by atoms with Gasteiger partial charge in [-0.2, -0.15) is 0 Å². The van der Waals surface area contributed by atoms with Gasteiger partial charge in [0, 0.05) is 5.56 Å². The van der Waals surface area contributed by atoms with Crippen molar-refractivity contribution in [3.05, 3.63) is 108 Å². The minimum atomic E-state index is -0.0300. The Morgan fingerprint density at radius 3 is 1.93 bits per heavy atom. The Morgan fingerprint density at radius 2 is 1.33 bits per heavy atom. The van der Waals surface area contributed by atoms with Crippen molar-refractivity contribution in [3.63, 3.8) is 0 Å². The average Bonchev–Trinajstić information content (AvgIpc) is 2.69. The van der Waals surface area contributed by atoms with Gasteiger partial charge in [-0.25, -0.2) is 0 Å². The third-order valence-corrected chi connectivity index (χ3v) is 4.83. The highest BCUT2D eigenvalue weighted by Crippen LogP contribution is 2.33. The van der Waals surface area contributed by atoms with Crippen LogP contribution in [-0.2, 0) is 6.42 Å². The molecule has 1 N–H and O–H groups in total. The minimum absolute atomic E-state index is 0.0278. The van der Waals surface area contributed by atoms with Gasteiger partial charge in [-0.05, 0) is 41.5 Å². The molecule has 1 amide bonds. The zero-order valence-corrected chi connectivity index (χ0v) is 16.1. The lowest BCUT2D eigenvalue weighted by atomic mass is 9.78. The molecule has 0 bridgehead atoms. The highest BCUT2D eigenvalue weighted by atomic mass is 16.1. The molecule has 0 spiro atoms. The fourth-order valence-electron chi connectivity index (χ4n) is 3.54. The number of hydrogen-bond acceptors (Lipinski definition) is 1. The molecule has 0 aliphatic heterocycles. The summed E-state index contributed by atoms with van der Waals surface area (Å²) in [4.78, 5) is 12.8.